The summed E-state index contributed by atoms with van der Waals surface area (Å²) < 4.78 is 5.31. The molecule has 4 nitrogen and oxygen atoms in total. The Balaban J connectivity index is 1.33. The lowest BCUT2D eigenvalue weighted by Gasteiger charge is -2.53. The molecular formula is C16H23NO3. The van der Waals surface area contributed by atoms with E-state index in [2.05, 4.69) is 5.32 Å². The monoisotopic (exact) mass is 277 g/mol. The van der Waals surface area contributed by atoms with Gasteiger partial charge in [0.05, 0.1) is 5.92 Å². The zero-order valence-electron chi connectivity index (χ0n) is 11.8. The molecule has 0 saturated heterocycles. The smallest absolute Gasteiger partial charge is 0.310 e. The Bertz CT molecular complexity index is 401. The van der Waals surface area contributed by atoms with Gasteiger partial charge in [0.15, 0.2) is 6.61 Å². The van der Waals surface area contributed by atoms with Crippen LogP contribution in [0.3, 0.4) is 0 Å². The van der Waals surface area contributed by atoms with Gasteiger partial charge in [0.1, 0.15) is 0 Å². The lowest BCUT2D eigenvalue weighted by atomic mass is 9.52. The first-order valence-electron chi connectivity index (χ1n) is 8.15. The first kappa shape index (κ1) is 12.7. The summed E-state index contributed by atoms with van der Waals surface area (Å²) in [4.78, 5) is 23.9. The number of nitrogens with one attached hydrogen (secondary N) is 1. The van der Waals surface area contributed by atoms with Crippen LogP contribution in [0.4, 0.5) is 0 Å². The highest BCUT2D eigenvalue weighted by molar-refractivity contribution is 5.82. The molecule has 1 N–H and O–H groups in total. The highest BCUT2D eigenvalue weighted by Crippen LogP contribution is 2.56. The molecule has 5 aliphatic rings. The SMILES string of the molecule is O=C(COC(=O)C1C2CC3CC(C2)CC1C3)NC1CC1. The normalized spacial score (nSPS) is 41.5. The van der Waals surface area contributed by atoms with Gasteiger partial charge in [-0.1, -0.05) is 0 Å². The molecule has 0 aliphatic heterocycles. The fraction of sp³-hybridized carbons (Fsp3) is 0.875. The van der Waals surface area contributed by atoms with Crippen LogP contribution in [0, 0.1) is 29.6 Å². The summed E-state index contributed by atoms with van der Waals surface area (Å²) in [7, 11) is 0. The zero-order chi connectivity index (χ0) is 13.7. The van der Waals surface area contributed by atoms with Crippen molar-refractivity contribution < 1.29 is 14.3 Å². The summed E-state index contributed by atoms with van der Waals surface area (Å²) in [5, 5.41) is 2.86. The second kappa shape index (κ2) is 4.74. The number of ether oxygens (including phenoxy) is 1. The van der Waals surface area contributed by atoms with Gasteiger partial charge in [0.25, 0.3) is 5.91 Å². The molecule has 5 rings (SSSR count). The van der Waals surface area contributed by atoms with Gasteiger partial charge in [-0.15, -0.1) is 0 Å². The van der Waals surface area contributed by atoms with E-state index in [9.17, 15) is 9.59 Å². The fourth-order valence-electron chi connectivity index (χ4n) is 5.04. The first-order valence-corrected chi connectivity index (χ1v) is 8.15. The van der Waals surface area contributed by atoms with Gasteiger partial charge in [-0.25, -0.2) is 0 Å². The molecule has 5 aliphatic carbocycles. The molecule has 0 aromatic rings. The maximum atomic E-state index is 12.3. The van der Waals surface area contributed by atoms with E-state index in [1.165, 1.54) is 32.1 Å². The van der Waals surface area contributed by atoms with Gasteiger partial charge in [-0.05, 0) is 68.6 Å². The van der Waals surface area contributed by atoms with Gasteiger partial charge in [0.2, 0.25) is 0 Å². The summed E-state index contributed by atoms with van der Waals surface area (Å²) >= 11 is 0. The van der Waals surface area contributed by atoms with E-state index in [0.29, 0.717) is 17.9 Å². The zero-order valence-corrected chi connectivity index (χ0v) is 11.8. The quantitative estimate of drug-likeness (QED) is 0.798. The maximum Gasteiger partial charge on any atom is 0.310 e. The Morgan fingerprint density at radius 2 is 1.55 bits per heavy atom. The van der Waals surface area contributed by atoms with Crippen LogP contribution in [0.15, 0.2) is 0 Å². The minimum absolute atomic E-state index is 0.0801. The van der Waals surface area contributed by atoms with E-state index < -0.39 is 0 Å². The Hall–Kier alpha value is -1.06. The maximum absolute atomic E-state index is 12.3. The van der Waals surface area contributed by atoms with Crippen molar-refractivity contribution in [2.45, 2.75) is 51.0 Å². The topological polar surface area (TPSA) is 55.4 Å². The molecular weight excluding hydrogens is 254 g/mol. The van der Waals surface area contributed by atoms with E-state index in [-0.39, 0.29) is 24.4 Å². The highest BCUT2D eigenvalue weighted by atomic mass is 16.5. The molecule has 0 atom stereocenters. The molecule has 4 heteroatoms. The van der Waals surface area contributed by atoms with E-state index >= 15 is 0 Å². The minimum atomic E-state index is -0.135. The average Bonchev–Trinajstić information content (AvgIpc) is 3.19. The fourth-order valence-corrected chi connectivity index (χ4v) is 5.04. The third-order valence-electron chi connectivity index (χ3n) is 5.79. The van der Waals surface area contributed by atoms with Gasteiger partial charge >= 0.3 is 5.97 Å². The summed E-state index contributed by atoms with van der Waals surface area (Å²) in [6, 6.07) is 0.336. The van der Waals surface area contributed by atoms with Crippen LogP contribution in [0.1, 0.15) is 44.9 Å². The van der Waals surface area contributed by atoms with Crippen molar-refractivity contribution in [3.05, 3.63) is 0 Å². The molecule has 1 amide bonds. The molecule has 0 radical (unpaired) electrons. The van der Waals surface area contributed by atoms with Crippen LogP contribution in [0.25, 0.3) is 0 Å². The Labute approximate surface area is 119 Å². The van der Waals surface area contributed by atoms with Crippen LogP contribution in [0.5, 0.6) is 0 Å². The number of hydrogen-bond donors (Lipinski definition) is 1. The molecule has 0 spiro atoms. The first-order chi connectivity index (χ1) is 9.69. The van der Waals surface area contributed by atoms with Crippen LogP contribution < -0.4 is 5.32 Å². The van der Waals surface area contributed by atoms with Crippen molar-refractivity contribution in [2.75, 3.05) is 6.61 Å². The molecule has 0 aromatic carbocycles. The van der Waals surface area contributed by atoms with Crippen molar-refractivity contribution in [1.29, 1.82) is 0 Å². The summed E-state index contributed by atoms with van der Waals surface area (Å²) in [5.74, 6) is 2.63. The van der Waals surface area contributed by atoms with E-state index in [1.807, 2.05) is 0 Å². The van der Waals surface area contributed by atoms with Gasteiger partial charge in [-0.2, -0.15) is 0 Å². The van der Waals surface area contributed by atoms with Crippen molar-refractivity contribution >= 4 is 11.9 Å². The van der Waals surface area contributed by atoms with Crippen molar-refractivity contribution in [2.24, 2.45) is 29.6 Å². The lowest BCUT2D eigenvalue weighted by Crippen LogP contribution is -2.48. The van der Waals surface area contributed by atoms with E-state index in [0.717, 1.165) is 24.7 Å². The summed E-state index contributed by atoms with van der Waals surface area (Å²) in [5.41, 5.74) is 0. The molecule has 0 aromatic heterocycles. The largest absolute Gasteiger partial charge is 0.455 e. The Morgan fingerprint density at radius 1 is 0.950 bits per heavy atom. The molecule has 4 bridgehead atoms. The minimum Gasteiger partial charge on any atom is -0.455 e. The summed E-state index contributed by atoms with van der Waals surface area (Å²) in [6.07, 6.45) is 8.35. The number of amides is 1. The number of hydrogen-bond acceptors (Lipinski definition) is 3. The summed E-state index contributed by atoms with van der Waals surface area (Å²) in [6.45, 7) is -0.0852. The van der Waals surface area contributed by atoms with Gasteiger partial charge in [-0.3, -0.25) is 9.59 Å². The van der Waals surface area contributed by atoms with Crippen molar-refractivity contribution in [1.82, 2.24) is 5.32 Å². The van der Waals surface area contributed by atoms with Gasteiger partial charge in [0, 0.05) is 6.04 Å². The van der Waals surface area contributed by atoms with Crippen molar-refractivity contribution in [3.8, 4) is 0 Å². The molecule has 5 fully saturated rings. The number of esters is 1. The number of carbonyl (C=O) groups excluding carboxylic acids is 2. The molecule has 20 heavy (non-hydrogen) atoms. The van der Waals surface area contributed by atoms with Crippen molar-refractivity contribution in [3.63, 3.8) is 0 Å². The van der Waals surface area contributed by atoms with Crippen LogP contribution in [-0.4, -0.2) is 24.5 Å². The van der Waals surface area contributed by atoms with E-state index in [4.69, 9.17) is 4.74 Å². The van der Waals surface area contributed by atoms with Gasteiger partial charge < -0.3 is 10.1 Å². The van der Waals surface area contributed by atoms with E-state index in [1.54, 1.807) is 0 Å². The predicted molar refractivity (Wildman–Crippen MR) is 72.7 cm³/mol. The average molecular weight is 277 g/mol. The number of carbonyl (C=O) groups is 2. The second-order valence-corrected chi connectivity index (χ2v) is 7.41. The van der Waals surface area contributed by atoms with Crippen LogP contribution in [-0.2, 0) is 14.3 Å². The molecule has 0 unspecified atom stereocenters. The molecule has 0 heterocycles. The Morgan fingerprint density at radius 3 is 2.10 bits per heavy atom. The molecule has 110 valence electrons. The highest BCUT2D eigenvalue weighted by Gasteiger charge is 2.51. The van der Waals surface area contributed by atoms with Crippen LogP contribution in [0.2, 0.25) is 0 Å². The Kier molecular flexibility index (Phi) is 3.00. The molecule has 5 saturated carbocycles. The lowest BCUT2D eigenvalue weighted by molar-refractivity contribution is -0.164. The second-order valence-electron chi connectivity index (χ2n) is 7.41. The third kappa shape index (κ3) is 2.33. The number of rotatable bonds is 4. The van der Waals surface area contributed by atoms with Crippen LogP contribution >= 0.6 is 0 Å². The standard InChI is InChI=1S/C16H23NO3/c18-14(17-13-1-2-13)8-20-16(19)15-11-4-9-3-10(6-11)7-12(15)5-9/h9-13,15H,1-8H2,(H,17,18). The third-order valence-corrected chi connectivity index (χ3v) is 5.79. The predicted octanol–water partition coefficient (Wildman–Crippen LogP) is 1.88.